The van der Waals surface area contributed by atoms with E-state index in [0.29, 0.717) is 11.4 Å². The van der Waals surface area contributed by atoms with E-state index in [1.807, 2.05) is 79.0 Å². The Morgan fingerprint density at radius 1 is 1.10 bits per heavy atom. The fourth-order valence-corrected chi connectivity index (χ4v) is 3.45. The minimum Gasteiger partial charge on any atom is -0.452 e. The average molecular weight is 410 g/mol. The van der Waals surface area contributed by atoms with Crippen molar-refractivity contribution in [1.29, 1.82) is 0 Å². The summed E-state index contributed by atoms with van der Waals surface area (Å²) in [7, 11) is 3.89. The molecule has 3 rings (SSSR count). The van der Waals surface area contributed by atoms with Gasteiger partial charge < -0.3 is 15.0 Å². The monoisotopic (exact) mass is 409 g/mol. The van der Waals surface area contributed by atoms with Gasteiger partial charge in [0.05, 0.1) is 12.1 Å². The maximum Gasteiger partial charge on any atom is 0.312 e. The molecule has 0 aliphatic carbocycles. The van der Waals surface area contributed by atoms with Gasteiger partial charge in [-0.25, -0.2) is 4.98 Å². The second-order valence-corrected chi connectivity index (χ2v) is 7.61. The molecule has 3 aromatic rings. The van der Waals surface area contributed by atoms with Crippen LogP contribution in [0, 0.1) is 0 Å². The molecule has 1 unspecified atom stereocenters. The van der Waals surface area contributed by atoms with Gasteiger partial charge in [0, 0.05) is 36.4 Å². The maximum absolute atomic E-state index is 12.3. The summed E-state index contributed by atoms with van der Waals surface area (Å²) in [5, 5.41) is 5.44. The molecule has 0 saturated carbocycles. The molecule has 2 aromatic carbocycles. The lowest BCUT2D eigenvalue weighted by atomic mass is 10.2. The van der Waals surface area contributed by atoms with Crippen LogP contribution in [0.5, 0.6) is 0 Å². The van der Waals surface area contributed by atoms with Crippen molar-refractivity contribution < 1.29 is 14.3 Å². The summed E-state index contributed by atoms with van der Waals surface area (Å²) in [6.07, 6.45) is -0.873. The second-order valence-electron chi connectivity index (χ2n) is 6.75. The highest BCUT2D eigenvalue weighted by atomic mass is 32.1. The molecular weight excluding hydrogens is 386 g/mol. The molecule has 1 N–H and O–H groups in total. The normalized spacial score (nSPS) is 11.6. The second kappa shape index (κ2) is 9.34. The van der Waals surface area contributed by atoms with Crippen LogP contribution in [-0.2, 0) is 20.7 Å². The van der Waals surface area contributed by atoms with Gasteiger partial charge in [-0.2, -0.15) is 0 Å². The molecule has 1 aromatic heterocycles. The molecule has 29 heavy (non-hydrogen) atoms. The van der Waals surface area contributed by atoms with Crippen LogP contribution < -0.4 is 10.2 Å². The summed E-state index contributed by atoms with van der Waals surface area (Å²) in [6.45, 7) is 1.55. The van der Waals surface area contributed by atoms with Gasteiger partial charge in [0.1, 0.15) is 5.01 Å². The number of rotatable bonds is 7. The van der Waals surface area contributed by atoms with Crippen LogP contribution in [0.15, 0.2) is 60.0 Å². The molecular formula is C22H23N3O3S. The van der Waals surface area contributed by atoms with E-state index >= 15 is 0 Å². The SMILES string of the molecule is CC(OC(=O)Cc1csc(-c2ccccc2)n1)C(=O)Nc1ccc(N(C)C)cc1. The number of hydrogen-bond acceptors (Lipinski definition) is 6. The number of amides is 1. The van der Waals surface area contributed by atoms with Crippen molar-refractivity contribution in [2.24, 2.45) is 0 Å². The van der Waals surface area contributed by atoms with Crippen molar-refractivity contribution in [3.05, 3.63) is 65.7 Å². The van der Waals surface area contributed by atoms with Crippen LogP contribution in [0.4, 0.5) is 11.4 Å². The van der Waals surface area contributed by atoms with Crippen molar-refractivity contribution in [1.82, 2.24) is 4.98 Å². The Bertz CT molecular complexity index is 968. The Morgan fingerprint density at radius 3 is 2.45 bits per heavy atom. The van der Waals surface area contributed by atoms with Gasteiger partial charge in [-0.05, 0) is 31.2 Å². The summed E-state index contributed by atoms with van der Waals surface area (Å²) in [4.78, 5) is 30.9. The van der Waals surface area contributed by atoms with Crippen LogP contribution in [0.2, 0.25) is 0 Å². The molecule has 150 valence electrons. The van der Waals surface area contributed by atoms with Crippen LogP contribution in [0.1, 0.15) is 12.6 Å². The topological polar surface area (TPSA) is 71.5 Å². The lowest BCUT2D eigenvalue weighted by molar-refractivity contribution is -0.152. The predicted octanol–water partition coefficient (Wildman–Crippen LogP) is 3.99. The Balaban J connectivity index is 1.52. The Kier molecular flexibility index (Phi) is 6.61. The van der Waals surface area contributed by atoms with Crippen LogP contribution in [0.3, 0.4) is 0 Å². The van der Waals surface area contributed by atoms with Gasteiger partial charge in [0.15, 0.2) is 6.10 Å². The first-order valence-electron chi connectivity index (χ1n) is 9.20. The average Bonchev–Trinajstić information content (AvgIpc) is 3.17. The highest BCUT2D eigenvalue weighted by Crippen LogP contribution is 2.23. The fraction of sp³-hybridized carbons (Fsp3) is 0.227. The number of thiazole rings is 1. The first-order valence-corrected chi connectivity index (χ1v) is 10.1. The molecule has 0 fully saturated rings. The van der Waals surface area contributed by atoms with E-state index in [4.69, 9.17) is 4.74 Å². The van der Waals surface area contributed by atoms with Crippen LogP contribution >= 0.6 is 11.3 Å². The number of esters is 1. The lowest BCUT2D eigenvalue weighted by Gasteiger charge is -2.15. The number of carbonyl (C=O) groups is 2. The minimum absolute atomic E-state index is 0.0263. The summed E-state index contributed by atoms with van der Waals surface area (Å²) in [5.41, 5.74) is 3.31. The van der Waals surface area contributed by atoms with Gasteiger partial charge in [0.2, 0.25) is 0 Å². The highest BCUT2D eigenvalue weighted by Gasteiger charge is 2.19. The molecule has 0 aliphatic rings. The van der Waals surface area contributed by atoms with E-state index in [1.165, 1.54) is 11.3 Å². The number of ether oxygens (including phenoxy) is 1. The Hall–Kier alpha value is -3.19. The number of aromatic nitrogens is 1. The van der Waals surface area contributed by atoms with E-state index in [1.54, 1.807) is 6.92 Å². The quantitative estimate of drug-likeness (QED) is 0.598. The maximum atomic E-state index is 12.3. The molecule has 0 aliphatic heterocycles. The van der Waals surface area contributed by atoms with Crippen molar-refractivity contribution in [3.63, 3.8) is 0 Å². The molecule has 1 atom stereocenters. The first-order chi connectivity index (χ1) is 13.9. The largest absolute Gasteiger partial charge is 0.452 e. The molecule has 7 heteroatoms. The standard InChI is InChI=1S/C22H23N3O3S/c1-15(21(27)23-17-9-11-19(12-10-17)25(2)3)28-20(26)13-18-14-29-22(24-18)16-7-5-4-6-8-16/h4-12,14-15H,13H2,1-3H3,(H,23,27). The molecule has 0 bridgehead atoms. The molecule has 0 saturated heterocycles. The van der Waals surface area contributed by atoms with Gasteiger partial charge in [-0.1, -0.05) is 30.3 Å². The van der Waals surface area contributed by atoms with Gasteiger partial charge in [-0.3, -0.25) is 9.59 Å². The Morgan fingerprint density at radius 2 is 1.79 bits per heavy atom. The van der Waals surface area contributed by atoms with E-state index in [0.717, 1.165) is 16.3 Å². The fourth-order valence-electron chi connectivity index (χ4n) is 2.63. The lowest BCUT2D eigenvalue weighted by Crippen LogP contribution is -2.30. The van der Waals surface area contributed by atoms with E-state index in [2.05, 4.69) is 10.3 Å². The molecule has 0 spiro atoms. The van der Waals surface area contributed by atoms with Gasteiger partial charge >= 0.3 is 5.97 Å². The van der Waals surface area contributed by atoms with E-state index in [9.17, 15) is 9.59 Å². The zero-order valence-electron chi connectivity index (χ0n) is 16.6. The third kappa shape index (κ3) is 5.65. The van der Waals surface area contributed by atoms with Crippen molar-refractivity contribution >= 4 is 34.6 Å². The summed E-state index contributed by atoms with van der Waals surface area (Å²) in [5.74, 6) is -0.861. The number of hydrogen-bond donors (Lipinski definition) is 1. The summed E-state index contributed by atoms with van der Waals surface area (Å²) < 4.78 is 5.27. The molecule has 0 radical (unpaired) electrons. The van der Waals surface area contributed by atoms with Crippen molar-refractivity contribution in [2.45, 2.75) is 19.4 Å². The first kappa shape index (κ1) is 20.5. The van der Waals surface area contributed by atoms with E-state index < -0.39 is 12.1 Å². The highest BCUT2D eigenvalue weighted by molar-refractivity contribution is 7.13. The smallest absolute Gasteiger partial charge is 0.312 e. The number of nitrogens with one attached hydrogen (secondary N) is 1. The van der Waals surface area contributed by atoms with Gasteiger partial charge in [-0.15, -0.1) is 11.3 Å². The van der Waals surface area contributed by atoms with Gasteiger partial charge in [0.25, 0.3) is 5.91 Å². The zero-order chi connectivity index (χ0) is 20.8. The van der Waals surface area contributed by atoms with E-state index in [-0.39, 0.29) is 12.3 Å². The van der Waals surface area contributed by atoms with Crippen molar-refractivity contribution in [3.8, 4) is 10.6 Å². The zero-order valence-corrected chi connectivity index (χ0v) is 17.4. The number of nitrogens with zero attached hydrogens (tertiary/aromatic N) is 2. The van der Waals surface area contributed by atoms with Crippen LogP contribution in [0.25, 0.3) is 10.6 Å². The van der Waals surface area contributed by atoms with Crippen molar-refractivity contribution in [2.75, 3.05) is 24.3 Å². The van der Waals surface area contributed by atoms with Crippen LogP contribution in [-0.4, -0.2) is 37.1 Å². The Labute approximate surface area is 174 Å². The number of benzene rings is 2. The molecule has 1 amide bonds. The number of carbonyl (C=O) groups excluding carboxylic acids is 2. The third-order valence-electron chi connectivity index (χ3n) is 4.23. The predicted molar refractivity (Wildman–Crippen MR) is 116 cm³/mol. The minimum atomic E-state index is -0.900. The number of anilines is 2. The summed E-state index contributed by atoms with van der Waals surface area (Å²) >= 11 is 1.47. The molecule has 1 heterocycles. The molecule has 6 nitrogen and oxygen atoms in total. The summed E-state index contributed by atoms with van der Waals surface area (Å²) in [6, 6.07) is 17.2. The third-order valence-corrected chi connectivity index (χ3v) is 5.17.